The first-order valence-electron chi connectivity index (χ1n) is 4.51. The van der Waals surface area contributed by atoms with Crippen molar-refractivity contribution >= 4 is 11.6 Å². The topological polar surface area (TPSA) is 50.9 Å². The van der Waals surface area contributed by atoms with Crippen LogP contribution in [0.15, 0.2) is 30.7 Å². The first-order valence-corrected chi connectivity index (χ1v) is 4.89. The molecule has 1 atom stereocenters. The van der Waals surface area contributed by atoms with Gasteiger partial charge in [-0.3, -0.25) is 0 Å². The van der Waals surface area contributed by atoms with Crippen LogP contribution in [0.4, 0.5) is 0 Å². The molecular weight excluding hydrogens is 214 g/mol. The van der Waals surface area contributed by atoms with Gasteiger partial charge in [0, 0.05) is 6.20 Å². The Labute approximate surface area is 92.1 Å². The predicted octanol–water partition coefficient (Wildman–Crippen LogP) is 1.97. The molecule has 0 aromatic carbocycles. The smallest absolute Gasteiger partial charge is 0.153 e. The van der Waals surface area contributed by atoms with E-state index in [2.05, 4.69) is 10.1 Å². The highest BCUT2D eigenvalue weighted by atomic mass is 35.5. The van der Waals surface area contributed by atoms with Crippen molar-refractivity contribution in [3.63, 3.8) is 0 Å². The summed E-state index contributed by atoms with van der Waals surface area (Å²) in [5, 5.41) is 13.9. The van der Waals surface area contributed by atoms with Gasteiger partial charge in [-0.2, -0.15) is 5.10 Å². The van der Waals surface area contributed by atoms with Crippen molar-refractivity contribution in [3.05, 3.63) is 41.3 Å². The number of hydrogen-bond acceptors (Lipinski definition) is 3. The summed E-state index contributed by atoms with van der Waals surface area (Å²) in [6.07, 6.45) is 4.33. The van der Waals surface area contributed by atoms with Crippen LogP contribution in [0.3, 0.4) is 0 Å². The average molecular weight is 224 g/mol. The number of aromatic nitrogens is 3. The van der Waals surface area contributed by atoms with Crippen LogP contribution in [0.2, 0.25) is 5.02 Å². The molecule has 2 rings (SSSR count). The molecule has 2 aromatic rings. The molecule has 0 saturated carbocycles. The van der Waals surface area contributed by atoms with E-state index in [-0.39, 0.29) is 0 Å². The highest BCUT2D eigenvalue weighted by Crippen LogP contribution is 2.13. The Morgan fingerprint density at radius 2 is 2.20 bits per heavy atom. The third-order valence-corrected chi connectivity index (χ3v) is 2.23. The Balaban J connectivity index is 2.31. The second kappa shape index (κ2) is 4.00. The Morgan fingerprint density at radius 1 is 1.40 bits per heavy atom. The van der Waals surface area contributed by atoms with Crippen LogP contribution in [0.25, 0.3) is 5.82 Å². The molecule has 0 radical (unpaired) electrons. The molecule has 78 valence electrons. The lowest BCUT2D eigenvalue weighted by Gasteiger charge is -2.04. The molecule has 4 nitrogen and oxygen atoms in total. The van der Waals surface area contributed by atoms with Crippen molar-refractivity contribution in [3.8, 4) is 5.82 Å². The van der Waals surface area contributed by atoms with Crippen molar-refractivity contribution < 1.29 is 5.11 Å². The molecule has 2 heterocycles. The third-order valence-electron chi connectivity index (χ3n) is 2.04. The Bertz CT molecular complexity index is 450. The molecule has 0 fully saturated rings. The summed E-state index contributed by atoms with van der Waals surface area (Å²) in [6, 6.07) is 3.59. The summed E-state index contributed by atoms with van der Waals surface area (Å²) in [5.41, 5.74) is 0.775. The van der Waals surface area contributed by atoms with Gasteiger partial charge in [0.1, 0.15) is 0 Å². The summed E-state index contributed by atoms with van der Waals surface area (Å²) < 4.78 is 1.58. The molecule has 2 aromatic heterocycles. The van der Waals surface area contributed by atoms with E-state index in [9.17, 15) is 5.11 Å². The molecule has 0 aliphatic rings. The van der Waals surface area contributed by atoms with Gasteiger partial charge in [0.2, 0.25) is 0 Å². The number of aliphatic hydroxyl groups excluding tert-OH is 1. The molecule has 0 spiro atoms. The Hall–Kier alpha value is -1.39. The van der Waals surface area contributed by atoms with Crippen LogP contribution in [-0.2, 0) is 0 Å². The Kier molecular flexibility index (Phi) is 2.70. The standard InChI is InChI=1S/C10H10ClN3O/c1-7(15)8-2-3-10(12-4-8)14-6-9(11)5-13-14/h2-7,15H,1H3/t7-/m0/s1. The number of aliphatic hydroxyl groups is 1. The van der Waals surface area contributed by atoms with Crippen molar-refractivity contribution in [2.45, 2.75) is 13.0 Å². The summed E-state index contributed by atoms with van der Waals surface area (Å²) in [7, 11) is 0. The van der Waals surface area contributed by atoms with Crippen LogP contribution in [0.1, 0.15) is 18.6 Å². The molecule has 0 unspecified atom stereocenters. The van der Waals surface area contributed by atoms with Crippen molar-refractivity contribution in [2.24, 2.45) is 0 Å². The number of pyridine rings is 1. The fraction of sp³-hybridized carbons (Fsp3) is 0.200. The van der Waals surface area contributed by atoms with Crippen LogP contribution in [0, 0.1) is 0 Å². The van der Waals surface area contributed by atoms with Gasteiger partial charge in [-0.1, -0.05) is 17.7 Å². The quantitative estimate of drug-likeness (QED) is 0.847. The van der Waals surface area contributed by atoms with Crippen LogP contribution >= 0.6 is 11.6 Å². The molecule has 5 heteroatoms. The average Bonchev–Trinajstić information content (AvgIpc) is 2.65. The molecule has 0 aliphatic carbocycles. The van der Waals surface area contributed by atoms with Gasteiger partial charge >= 0.3 is 0 Å². The van der Waals surface area contributed by atoms with Gasteiger partial charge in [-0.15, -0.1) is 0 Å². The number of rotatable bonds is 2. The van der Waals surface area contributed by atoms with E-state index in [0.29, 0.717) is 10.8 Å². The lowest BCUT2D eigenvalue weighted by molar-refractivity contribution is 0.199. The lowest BCUT2D eigenvalue weighted by atomic mass is 10.2. The van der Waals surface area contributed by atoms with Crippen LogP contribution < -0.4 is 0 Å². The predicted molar refractivity (Wildman–Crippen MR) is 57.0 cm³/mol. The number of hydrogen-bond donors (Lipinski definition) is 1. The van der Waals surface area contributed by atoms with E-state index in [4.69, 9.17) is 11.6 Å². The molecule has 0 aliphatic heterocycles. The first-order chi connectivity index (χ1) is 7.16. The van der Waals surface area contributed by atoms with Gasteiger partial charge in [0.05, 0.1) is 23.5 Å². The zero-order valence-electron chi connectivity index (χ0n) is 8.13. The van der Waals surface area contributed by atoms with E-state index in [1.165, 1.54) is 0 Å². The molecule has 15 heavy (non-hydrogen) atoms. The maximum Gasteiger partial charge on any atom is 0.153 e. The highest BCUT2D eigenvalue weighted by Gasteiger charge is 2.03. The maximum atomic E-state index is 9.31. The largest absolute Gasteiger partial charge is 0.389 e. The monoisotopic (exact) mass is 223 g/mol. The third kappa shape index (κ3) is 2.16. The SMILES string of the molecule is C[C@H](O)c1ccc(-n2cc(Cl)cn2)nc1. The summed E-state index contributed by atoms with van der Waals surface area (Å²) in [6.45, 7) is 1.70. The zero-order valence-corrected chi connectivity index (χ0v) is 8.89. The molecule has 1 N–H and O–H groups in total. The first kappa shape index (κ1) is 10.1. The van der Waals surface area contributed by atoms with E-state index in [1.54, 1.807) is 36.3 Å². The minimum atomic E-state index is -0.507. The van der Waals surface area contributed by atoms with Crippen molar-refractivity contribution in [2.75, 3.05) is 0 Å². The fourth-order valence-electron chi connectivity index (χ4n) is 1.21. The lowest BCUT2D eigenvalue weighted by Crippen LogP contribution is -1.99. The minimum Gasteiger partial charge on any atom is -0.389 e. The fourth-order valence-corrected chi connectivity index (χ4v) is 1.34. The van der Waals surface area contributed by atoms with Gasteiger partial charge in [-0.05, 0) is 18.6 Å². The number of halogens is 1. The van der Waals surface area contributed by atoms with E-state index in [1.807, 2.05) is 6.07 Å². The van der Waals surface area contributed by atoms with Crippen LogP contribution in [-0.4, -0.2) is 19.9 Å². The molecule has 0 bridgehead atoms. The summed E-state index contributed by atoms with van der Waals surface area (Å²) in [4.78, 5) is 4.17. The van der Waals surface area contributed by atoms with Gasteiger partial charge in [0.15, 0.2) is 5.82 Å². The second-order valence-corrected chi connectivity index (χ2v) is 3.67. The summed E-state index contributed by atoms with van der Waals surface area (Å²) >= 11 is 5.74. The second-order valence-electron chi connectivity index (χ2n) is 3.23. The van der Waals surface area contributed by atoms with Crippen molar-refractivity contribution in [1.82, 2.24) is 14.8 Å². The van der Waals surface area contributed by atoms with E-state index < -0.39 is 6.10 Å². The minimum absolute atomic E-state index is 0.507. The molecular formula is C10H10ClN3O. The van der Waals surface area contributed by atoms with Crippen LogP contribution in [0.5, 0.6) is 0 Å². The van der Waals surface area contributed by atoms with Gasteiger partial charge in [0.25, 0.3) is 0 Å². The van der Waals surface area contributed by atoms with E-state index >= 15 is 0 Å². The van der Waals surface area contributed by atoms with E-state index in [0.717, 1.165) is 5.56 Å². The maximum absolute atomic E-state index is 9.31. The normalized spacial score (nSPS) is 12.7. The zero-order chi connectivity index (χ0) is 10.8. The molecule has 0 saturated heterocycles. The van der Waals surface area contributed by atoms with Gasteiger partial charge < -0.3 is 5.11 Å². The Morgan fingerprint density at radius 3 is 2.67 bits per heavy atom. The highest BCUT2D eigenvalue weighted by molar-refractivity contribution is 6.30. The summed E-state index contributed by atoms with van der Waals surface area (Å²) in [5.74, 6) is 0.673. The molecule has 0 amide bonds. The van der Waals surface area contributed by atoms with Crippen molar-refractivity contribution in [1.29, 1.82) is 0 Å². The van der Waals surface area contributed by atoms with Gasteiger partial charge in [-0.25, -0.2) is 9.67 Å². The number of nitrogens with zero attached hydrogens (tertiary/aromatic N) is 3.